The molecule has 0 unspecified atom stereocenters. The first kappa shape index (κ1) is 19.2. The van der Waals surface area contributed by atoms with Crippen LogP contribution in [0.1, 0.15) is 52.0 Å². The Labute approximate surface area is 180 Å². The second-order valence-corrected chi connectivity index (χ2v) is 7.92. The topological polar surface area (TPSA) is 85.8 Å². The Morgan fingerprint density at radius 3 is 2.61 bits per heavy atom. The molecule has 31 heavy (non-hydrogen) atoms. The van der Waals surface area contributed by atoms with Gasteiger partial charge in [-0.2, -0.15) is 5.10 Å². The molecule has 3 aromatic heterocycles. The first-order chi connectivity index (χ1) is 15.1. The number of benzene rings is 1. The van der Waals surface area contributed by atoms with E-state index in [1.165, 1.54) is 0 Å². The second-order valence-electron chi connectivity index (χ2n) is 7.92. The number of carbonyl (C=O) groups is 1. The SMILES string of the molecule is Cc1cc(C)n(-c2ccc(CNC(=O)c3nc(-c4ccccc4)oc3C3CC3)cn2)n1. The van der Waals surface area contributed by atoms with Crippen LogP contribution in [0.5, 0.6) is 0 Å². The summed E-state index contributed by atoms with van der Waals surface area (Å²) in [4.78, 5) is 21.9. The quantitative estimate of drug-likeness (QED) is 0.508. The molecule has 1 aromatic carbocycles. The van der Waals surface area contributed by atoms with Crippen molar-refractivity contribution in [3.8, 4) is 17.3 Å². The molecule has 1 amide bonds. The van der Waals surface area contributed by atoms with E-state index in [1.807, 2.05) is 62.4 Å². The molecule has 1 aliphatic rings. The summed E-state index contributed by atoms with van der Waals surface area (Å²) in [6.45, 7) is 4.31. The number of oxazole rings is 1. The third kappa shape index (κ3) is 3.99. The highest BCUT2D eigenvalue weighted by Crippen LogP contribution is 2.43. The molecule has 0 bridgehead atoms. The Balaban J connectivity index is 1.30. The molecule has 1 N–H and O–H groups in total. The highest BCUT2D eigenvalue weighted by Gasteiger charge is 2.34. The molecular weight excluding hydrogens is 390 g/mol. The smallest absolute Gasteiger partial charge is 0.273 e. The zero-order valence-corrected chi connectivity index (χ0v) is 17.5. The van der Waals surface area contributed by atoms with Gasteiger partial charge in [0, 0.05) is 29.9 Å². The van der Waals surface area contributed by atoms with Crippen LogP contribution in [0.15, 0.2) is 59.1 Å². The zero-order valence-electron chi connectivity index (χ0n) is 17.5. The van der Waals surface area contributed by atoms with Crippen LogP contribution in [0.25, 0.3) is 17.3 Å². The minimum atomic E-state index is -0.226. The number of nitrogens with one attached hydrogen (secondary N) is 1. The predicted molar refractivity (Wildman–Crippen MR) is 116 cm³/mol. The molecule has 5 rings (SSSR count). The number of aromatic nitrogens is 4. The Morgan fingerprint density at radius 2 is 1.97 bits per heavy atom. The average Bonchev–Trinajstić information content (AvgIpc) is 3.44. The lowest BCUT2D eigenvalue weighted by Gasteiger charge is -2.06. The van der Waals surface area contributed by atoms with E-state index in [1.54, 1.807) is 10.9 Å². The van der Waals surface area contributed by atoms with Crippen LogP contribution >= 0.6 is 0 Å². The van der Waals surface area contributed by atoms with Crippen molar-refractivity contribution in [3.63, 3.8) is 0 Å². The minimum Gasteiger partial charge on any atom is -0.440 e. The second kappa shape index (κ2) is 7.83. The van der Waals surface area contributed by atoms with Crippen molar-refractivity contribution in [2.75, 3.05) is 0 Å². The number of aryl methyl sites for hydroxylation is 2. The van der Waals surface area contributed by atoms with Crippen LogP contribution < -0.4 is 5.32 Å². The third-order valence-corrected chi connectivity index (χ3v) is 5.33. The molecule has 1 saturated carbocycles. The summed E-state index contributed by atoms with van der Waals surface area (Å²) in [7, 11) is 0. The first-order valence-corrected chi connectivity index (χ1v) is 10.4. The van der Waals surface area contributed by atoms with E-state index in [0.29, 0.717) is 23.9 Å². The maximum Gasteiger partial charge on any atom is 0.273 e. The summed E-state index contributed by atoms with van der Waals surface area (Å²) >= 11 is 0. The fraction of sp³-hybridized carbons (Fsp3) is 0.250. The molecule has 0 spiro atoms. The standard InChI is InChI=1S/C24H23N5O2/c1-15-12-16(2)29(28-15)20-11-8-17(13-25-20)14-26-23(30)21-22(18-9-10-18)31-24(27-21)19-6-4-3-5-7-19/h3-8,11-13,18H,9-10,14H2,1-2H3,(H,26,30). The van der Waals surface area contributed by atoms with Crippen molar-refractivity contribution in [2.45, 2.75) is 39.2 Å². The summed E-state index contributed by atoms with van der Waals surface area (Å²) in [5, 5.41) is 7.40. The molecule has 3 heterocycles. The normalized spacial score (nSPS) is 13.4. The van der Waals surface area contributed by atoms with E-state index in [2.05, 4.69) is 20.4 Å². The molecule has 0 aliphatic heterocycles. The summed E-state index contributed by atoms with van der Waals surface area (Å²) in [6, 6.07) is 15.5. The van der Waals surface area contributed by atoms with Gasteiger partial charge >= 0.3 is 0 Å². The van der Waals surface area contributed by atoms with Gasteiger partial charge in [-0.3, -0.25) is 4.79 Å². The molecule has 0 saturated heterocycles. The monoisotopic (exact) mass is 413 g/mol. The number of hydrogen-bond acceptors (Lipinski definition) is 5. The maximum absolute atomic E-state index is 12.9. The van der Waals surface area contributed by atoms with Gasteiger partial charge in [0.2, 0.25) is 5.89 Å². The van der Waals surface area contributed by atoms with Crippen LogP contribution in [-0.2, 0) is 6.54 Å². The number of hydrogen-bond donors (Lipinski definition) is 1. The lowest BCUT2D eigenvalue weighted by atomic mass is 10.2. The summed E-state index contributed by atoms with van der Waals surface area (Å²) in [6.07, 6.45) is 3.81. The van der Waals surface area contributed by atoms with Crippen LogP contribution in [0, 0.1) is 13.8 Å². The van der Waals surface area contributed by atoms with Gasteiger partial charge in [0.05, 0.1) is 5.69 Å². The number of carbonyl (C=O) groups excluding carboxylic acids is 1. The van der Waals surface area contributed by atoms with E-state index in [4.69, 9.17) is 4.42 Å². The predicted octanol–water partition coefficient (Wildman–Crippen LogP) is 4.35. The molecular formula is C24H23N5O2. The number of rotatable bonds is 6. The van der Waals surface area contributed by atoms with Crippen LogP contribution in [0.2, 0.25) is 0 Å². The van der Waals surface area contributed by atoms with Gasteiger partial charge in [0.25, 0.3) is 5.91 Å². The number of amides is 1. The Kier molecular flexibility index (Phi) is 4.86. The highest BCUT2D eigenvalue weighted by atomic mass is 16.4. The lowest BCUT2D eigenvalue weighted by molar-refractivity contribution is 0.0944. The Bertz CT molecular complexity index is 1220. The molecule has 1 aliphatic carbocycles. The zero-order chi connectivity index (χ0) is 21.4. The molecule has 1 fully saturated rings. The summed E-state index contributed by atoms with van der Waals surface area (Å²) < 4.78 is 7.79. The van der Waals surface area contributed by atoms with Crippen molar-refractivity contribution in [3.05, 3.63) is 83.1 Å². The van der Waals surface area contributed by atoms with Crippen LogP contribution in [-0.4, -0.2) is 25.7 Å². The summed E-state index contributed by atoms with van der Waals surface area (Å²) in [5.74, 6) is 1.99. The lowest BCUT2D eigenvalue weighted by Crippen LogP contribution is -2.24. The van der Waals surface area contributed by atoms with E-state index < -0.39 is 0 Å². The number of pyridine rings is 1. The highest BCUT2D eigenvalue weighted by molar-refractivity contribution is 5.94. The minimum absolute atomic E-state index is 0.226. The van der Waals surface area contributed by atoms with Crippen molar-refractivity contribution < 1.29 is 9.21 Å². The van der Waals surface area contributed by atoms with Crippen LogP contribution in [0.4, 0.5) is 0 Å². The van der Waals surface area contributed by atoms with E-state index >= 15 is 0 Å². The molecule has 156 valence electrons. The van der Waals surface area contributed by atoms with Crippen molar-refractivity contribution in [1.29, 1.82) is 0 Å². The van der Waals surface area contributed by atoms with E-state index in [9.17, 15) is 4.79 Å². The van der Waals surface area contributed by atoms with E-state index in [-0.39, 0.29) is 11.8 Å². The maximum atomic E-state index is 12.9. The Hall–Kier alpha value is -3.74. The van der Waals surface area contributed by atoms with Gasteiger partial charge in [-0.25, -0.2) is 14.6 Å². The summed E-state index contributed by atoms with van der Waals surface area (Å²) in [5.41, 5.74) is 4.13. The van der Waals surface area contributed by atoms with Crippen molar-refractivity contribution in [1.82, 2.24) is 25.1 Å². The molecule has 7 heteroatoms. The van der Waals surface area contributed by atoms with Gasteiger partial charge in [-0.05, 0) is 56.5 Å². The first-order valence-electron chi connectivity index (χ1n) is 10.4. The molecule has 4 aromatic rings. The largest absolute Gasteiger partial charge is 0.440 e. The van der Waals surface area contributed by atoms with Gasteiger partial charge in [0.15, 0.2) is 11.5 Å². The number of nitrogens with zero attached hydrogens (tertiary/aromatic N) is 4. The van der Waals surface area contributed by atoms with Crippen molar-refractivity contribution in [2.24, 2.45) is 0 Å². The molecule has 0 atom stereocenters. The van der Waals surface area contributed by atoms with Crippen molar-refractivity contribution >= 4 is 5.91 Å². The molecule has 7 nitrogen and oxygen atoms in total. The average molecular weight is 413 g/mol. The van der Waals surface area contributed by atoms with Crippen LogP contribution in [0.3, 0.4) is 0 Å². The van der Waals surface area contributed by atoms with E-state index in [0.717, 1.165) is 41.2 Å². The third-order valence-electron chi connectivity index (χ3n) is 5.33. The fourth-order valence-corrected chi connectivity index (χ4v) is 3.59. The van der Waals surface area contributed by atoms with Gasteiger partial charge < -0.3 is 9.73 Å². The molecule has 0 radical (unpaired) electrons. The van der Waals surface area contributed by atoms with Gasteiger partial charge in [-0.1, -0.05) is 24.3 Å². The fourth-order valence-electron chi connectivity index (χ4n) is 3.59. The van der Waals surface area contributed by atoms with Gasteiger partial charge in [0.1, 0.15) is 5.76 Å². The Morgan fingerprint density at radius 1 is 1.16 bits per heavy atom. The van der Waals surface area contributed by atoms with Gasteiger partial charge in [-0.15, -0.1) is 0 Å².